The molecule has 0 fully saturated rings. The van der Waals surface area contributed by atoms with E-state index in [-0.39, 0.29) is 21.7 Å². The molecule has 0 atom stereocenters. The van der Waals surface area contributed by atoms with Crippen LogP contribution in [0.4, 0.5) is 18.9 Å². The normalized spacial score (nSPS) is 11.5. The molecule has 180 valence electrons. The highest BCUT2D eigenvalue weighted by molar-refractivity contribution is 9.10. The number of carbonyl (C=O) groups is 2. The smallest absolute Gasteiger partial charge is 0.366 e. The fourth-order valence-electron chi connectivity index (χ4n) is 3.17. The van der Waals surface area contributed by atoms with Gasteiger partial charge in [-0.15, -0.1) is 0 Å². The van der Waals surface area contributed by atoms with E-state index in [1.165, 1.54) is 52.4 Å². The van der Waals surface area contributed by atoms with Crippen LogP contribution in [0, 0.1) is 12.3 Å². The maximum absolute atomic E-state index is 13.4. The molecule has 0 aliphatic rings. The van der Waals surface area contributed by atoms with Crippen molar-refractivity contribution in [2.45, 2.75) is 13.1 Å². The molecule has 2 heterocycles. The lowest BCUT2D eigenvalue weighted by molar-refractivity contribution is -0.141. The van der Waals surface area contributed by atoms with Crippen molar-refractivity contribution in [1.82, 2.24) is 19.6 Å². The van der Waals surface area contributed by atoms with Crippen LogP contribution in [0.1, 0.15) is 31.5 Å². The van der Waals surface area contributed by atoms with Crippen molar-refractivity contribution in [2.24, 2.45) is 5.73 Å². The summed E-state index contributed by atoms with van der Waals surface area (Å²) in [5.41, 5.74) is 4.50. The Labute approximate surface area is 207 Å². The van der Waals surface area contributed by atoms with Gasteiger partial charge in [0.15, 0.2) is 5.69 Å². The van der Waals surface area contributed by atoms with Crippen LogP contribution in [0.2, 0.25) is 0 Å². The first-order chi connectivity index (χ1) is 16.4. The predicted molar refractivity (Wildman–Crippen MR) is 125 cm³/mol. The van der Waals surface area contributed by atoms with Gasteiger partial charge in [-0.3, -0.25) is 15.0 Å². The van der Waals surface area contributed by atoms with E-state index in [1.807, 2.05) is 0 Å². The van der Waals surface area contributed by atoms with Crippen LogP contribution in [0.25, 0.3) is 11.4 Å². The quantitative estimate of drug-likeness (QED) is 0.337. The first kappa shape index (κ1) is 24.3. The van der Waals surface area contributed by atoms with E-state index in [4.69, 9.17) is 11.1 Å². The van der Waals surface area contributed by atoms with Crippen molar-refractivity contribution in [2.75, 3.05) is 5.32 Å². The van der Waals surface area contributed by atoms with Gasteiger partial charge in [0.1, 0.15) is 10.7 Å². The zero-order valence-electron chi connectivity index (χ0n) is 17.7. The zero-order chi connectivity index (χ0) is 25.5. The predicted octanol–water partition coefficient (Wildman–Crippen LogP) is 4.04. The van der Waals surface area contributed by atoms with Gasteiger partial charge in [-0.25, -0.2) is 9.36 Å². The molecule has 14 heteroatoms. The number of anilines is 1. The Morgan fingerprint density at radius 3 is 2.46 bits per heavy atom. The van der Waals surface area contributed by atoms with Gasteiger partial charge in [0, 0.05) is 21.8 Å². The summed E-state index contributed by atoms with van der Waals surface area (Å²) < 4.78 is 42.8. The van der Waals surface area contributed by atoms with Crippen molar-refractivity contribution in [1.29, 1.82) is 5.41 Å². The number of nitrogens with zero attached hydrogens (tertiary/aromatic N) is 4. The molecule has 2 aromatic carbocycles. The third kappa shape index (κ3) is 5.02. The van der Waals surface area contributed by atoms with Gasteiger partial charge in [0.05, 0.1) is 11.4 Å². The Kier molecular flexibility index (Phi) is 6.34. The lowest BCUT2D eigenvalue weighted by Crippen LogP contribution is -2.18. The summed E-state index contributed by atoms with van der Waals surface area (Å²) >= 11 is 4.56. The number of amides is 2. The minimum absolute atomic E-state index is 0.0426. The van der Waals surface area contributed by atoms with E-state index in [9.17, 15) is 22.8 Å². The van der Waals surface area contributed by atoms with Gasteiger partial charge in [-0.05, 0) is 59.3 Å². The molecule has 0 unspecified atom stereocenters. The van der Waals surface area contributed by atoms with Gasteiger partial charge < -0.3 is 11.1 Å². The van der Waals surface area contributed by atoms with Gasteiger partial charge >= 0.3 is 6.18 Å². The topological polar surface area (TPSA) is 132 Å². The average Bonchev–Trinajstić information content (AvgIpc) is 3.37. The maximum atomic E-state index is 13.4. The zero-order valence-corrected chi connectivity index (χ0v) is 20.1. The fourth-order valence-corrected chi connectivity index (χ4v) is 4.35. The van der Waals surface area contributed by atoms with E-state index in [2.05, 4.69) is 31.4 Å². The summed E-state index contributed by atoms with van der Waals surface area (Å²) in [7, 11) is 0. The van der Waals surface area contributed by atoms with Crippen LogP contribution < -0.4 is 15.9 Å². The van der Waals surface area contributed by atoms with E-state index in [0.717, 1.165) is 4.68 Å². The molecule has 4 aromatic rings. The summed E-state index contributed by atoms with van der Waals surface area (Å²) in [6, 6.07) is 10.7. The minimum atomic E-state index is -4.80. The number of rotatable bonds is 5. The number of aromatic nitrogens is 4. The molecule has 2 amide bonds. The summed E-state index contributed by atoms with van der Waals surface area (Å²) in [5.74, 6) is -1.65. The number of carbonyl (C=O) groups excluding carboxylic acids is 2. The third-order valence-corrected chi connectivity index (χ3v) is 6.10. The van der Waals surface area contributed by atoms with Crippen molar-refractivity contribution >= 4 is 44.8 Å². The summed E-state index contributed by atoms with van der Waals surface area (Å²) in [4.78, 5) is 24.7. The number of benzene rings is 2. The second kappa shape index (κ2) is 9.11. The van der Waals surface area contributed by atoms with Crippen molar-refractivity contribution < 1.29 is 22.8 Å². The number of primary amides is 1. The van der Waals surface area contributed by atoms with Gasteiger partial charge in [-0.2, -0.15) is 23.4 Å². The van der Waals surface area contributed by atoms with Crippen LogP contribution in [0.15, 0.2) is 53.0 Å². The molecule has 35 heavy (non-hydrogen) atoms. The number of nitrogens with two attached hydrogens (primary N) is 1. The number of hydrogen-bond acceptors (Lipinski definition) is 6. The molecule has 0 saturated carbocycles. The number of nitrogens with one attached hydrogen (secondary N) is 2. The van der Waals surface area contributed by atoms with E-state index in [0.29, 0.717) is 21.2 Å². The van der Waals surface area contributed by atoms with E-state index >= 15 is 0 Å². The molecule has 4 rings (SSSR count). The molecule has 0 bridgehead atoms. The first-order valence-electron chi connectivity index (χ1n) is 9.74. The first-order valence-corrected chi connectivity index (χ1v) is 11.3. The lowest BCUT2D eigenvalue weighted by Gasteiger charge is -2.11. The molecular weight excluding hydrogens is 551 g/mol. The average molecular weight is 566 g/mol. The Balaban J connectivity index is 1.70. The van der Waals surface area contributed by atoms with Gasteiger partial charge in [-0.1, -0.05) is 17.4 Å². The Hall–Kier alpha value is -3.78. The maximum Gasteiger partial charge on any atom is 0.435 e. The molecule has 4 N–H and O–H groups in total. The van der Waals surface area contributed by atoms with Crippen molar-refractivity contribution in [3.63, 3.8) is 0 Å². The van der Waals surface area contributed by atoms with Crippen LogP contribution in [0.3, 0.4) is 0 Å². The Bertz CT molecular complexity index is 1520. The molecule has 9 nitrogen and oxygen atoms in total. The lowest BCUT2D eigenvalue weighted by atomic mass is 10.2. The van der Waals surface area contributed by atoms with Crippen LogP contribution in [-0.4, -0.2) is 31.4 Å². The number of alkyl halides is 3. The van der Waals surface area contributed by atoms with Crippen molar-refractivity contribution in [3.8, 4) is 11.4 Å². The van der Waals surface area contributed by atoms with Gasteiger partial charge in [0.25, 0.3) is 5.91 Å². The third-order valence-electron chi connectivity index (χ3n) is 4.72. The molecule has 0 aliphatic carbocycles. The highest BCUT2D eigenvalue weighted by atomic mass is 79.9. The van der Waals surface area contributed by atoms with Crippen LogP contribution in [0.5, 0.6) is 0 Å². The highest BCUT2D eigenvalue weighted by Gasteiger charge is 2.36. The van der Waals surface area contributed by atoms with Crippen LogP contribution >= 0.6 is 27.3 Å². The summed E-state index contributed by atoms with van der Waals surface area (Å²) in [5, 5.41) is 19.0. The second-order valence-corrected chi connectivity index (χ2v) is 9.23. The van der Waals surface area contributed by atoms with E-state index in [1.54, 1.807) is 13.0 Å². The monoisotopic (exact) mass is 565 g/mol. The standard InChI is InChI=1S/C21H15BrF3N7O2S/c1-10-29-32(20(27)35-10)15-6-5-12(8-14(15)22)28-19(34)16-9-17(21(23,24)25)30-31(16)13-4-2-3-11(7-13)18(26)33/h2-9,27H,1H3,(H2,26,33)(H,28,34). The number of hydrogen-bond donors (Lipinski definition) is 3. The number of aryl methyl sites for hydroxylation is 1. The SMILES string of the molecule is Cc1nn(-c2ccc(NC(=O)c3cc(C(F)(F)F)nn3-c3cccc(C(N)=O)c3)cc2Br)c(=N)s1. The van der Waals surface area contributed by atoms with Crippen LogP contribution in [-0.2, 0) is 6.18 Å². The molecule has 2 aromatic heterocycles. The largest absolute Gasteiger partial charge is 0.435 e. The molecule has 0 saturated heterocycles. The molecule has 0 aliphatic heterocycles. The number of halogens is 4. The van der Waals surface area contributed by atoms with Gasteiger partial charge in [0.2, 0.25) is 10.7 Å². The summed E-state index contributed by atoms with van der Waals surface area (Å²) in [6.45, 7) is 1.76. The second-order valence-electron chi connectivity index (χ2n) is 7.20. The molecule has 0 radical (unpaired) electrons. The Morgan fingerprint density at radius 1 is 1.11 bits per heavy atom. The fraction of sp³-hybridized carbons (Fsp3) is 0.0952. The Morgan fingerprint density at radius 2 is 1.86 bits per heavy atom. The molecule has 0 spiro atoms. The van der Waals surface area contributed by atoms with E-state index < -0.39 is 29.4 Å². The highest BCUT2D eigenvalue weighted by Crippen LogP contribution is 2.30. The minimum Gasteiger partial charge on any atom is -0.366 e. The van der Waals surface area contributed by atoms with Crippen molar-refractivity contribution in [3.05, 3.63) is 79.8 Å². The molecular formula is C21H15BrF3N7O2S. The summed E-state index contributed by atoms with van der Waals surface area (Å²) in [6.07, 6.45) is -4.80.